The van der Waals surface area contributed by atoms with E-state index in [4.69, 9.17) is 14.2 Å². The van der Waals surface area contributed by atoms with Gasteiger partial charge >= 0.3 is 5.97 Å². The maximum Gasteiger partial charge on any atom is 0.316 e. The van der Waals surface area contributed by atoms with Gasteiger partial charge in [0.1, 0.15) is 13.2 Å². The number of ether oxygens (including phenoxy) is 3. The lowest BCUT2D eigenvalue weighted by molar-refractivity contribution is -0.146. The van der Waals surface area contributed by atoms with Crippen LogP contribution in [-0.2, 0) is 14.3 Å². The molecule has 2 aromatic rings. The zero-order valence-electron chi connectivity index (χ0n) is 16.8. The van der Waals surface area contributed by atoms with Crippen LogP contribution in [0.4, 0.5) is 0 Å². The van der Waals surface area contributed by atoms with Crippen molar-refractivity contribution in [1.82, 2.24) is 5.32 Å². The molecule has 0 saturated carbocycles. The Morgan fingerprint density at radius 3 is 2.62 bits per heavy atom. The van der Waals surface area contributed by atoms with Crippen LogP contribution >= 0.6 is 11.8 Å². The molecule has 154 valence electrons. The number of thioether (sulfide) groups is 1. The fourth-order valence-corrected chi connectivity index (χ4v) is 3.79. The molecule has 0 bridgehead atoms. The lowest BCUT2D eigenvalue weighted by Gasteiger charge is -2.21. The summed E-state index contributed by atoms with van der Waals surface area (Å²) in [5, 5.41) is 2.83. The molecular weight excluding hydrogens is 390 g/mol. The Hall–Kier alpha value is -2.67. The predicted molar refractivity (Wildman–Crippen MR) is 112 cm³/mol. The first kappa shape index (κ1) is 21.0. The standard InChI is InChI=1S/C22H25NO5S/c1-14-4-7-20(15(2)10-14)29-13-22(25)28-12-21(24)23-16(3)17-5-6-18-19(11-17)27-9-8-26-18/h4-7,10-11,16H,8-9,12-13H2,1-3H3,(H,23,24)/t16-/m1/s1. The normalized spacial score (nSPS) is 13.5. The molecule has 1 amide bonds. The lowest BCUT2D eigenvalue weighted by Crippen LogP contribution is -2.31. The molecule has 0 aliphatic carbocycles. The van der Waals surface area contributed by atoms with Gasteiger partial charge in [0.15, 0.2) is 18.1 Å². The Bertz CT molecular complexity index is 899. The summed E-state index contributed by atoms with van der Waals surface area (Å²) < 4.78 is 16.2. The molecule has 0 spiro atoms. The van der Waals surface area contributed by atoms with Crippen molar-refractivity contribution < 1.29 is 23.8 Å². The van der Waals surface area contributed by atoms with Crippen molar-refractivity contribution in [2.75, 3.05) is 25.6 Å². The summed E-state index contributed by atoms with van der Waals surface area (Å²) in [6.07, 6.45) is 0. The van der Waals surface area contributed by atoms with Gasteiger partial charge in [-0.25, -0.2) is 0 Å². The molecule has 3 rings (SSSR count). The zero-order valence-corrected chi connectivity index (χ0v) is 17.6. The zero-order chi connectivity index (χ0) is 20.8. The van der Waals surface area contributed by atoms with Crippen LogP contribution in [0.1, 0.15) is 29.7 Å². The van der Waals surface area contributed by atoms with Crippen molar-refractivity contribution in [3.63, 3.8) is 0 Å². The van der Waals surface area contributed by atoms with Crippen LogP contribution in [0.15, 0.2) is 41.3 Å². The summed E-state index contributed by atoms with van der Waals surface area (Å²) in [5.74, 6) is 0.766. The van der Waals surface area contributed by atoms with Gasteiger partial charge in [-0.3, -0.25) is 9.59 Å². The van der Waals surface area contributed by atoms with Crippen molar-refractivity contribution in [2.24, 2.45) is 0 Å². The Labute approximate surface area is 174 Å². The molecule has 1 N–H and O–H groups in total. The lowest BCUT2D eigenvalue weighted by atomic mass is 10.1. The van der Waals surface area contributed by atoms with Gasteiger partial charge in [-0.2, -0.15) is 0 Å². The highest BCUT2D eigenvalue weighted by Gasteiger charge is 2.16. The maximum atomic E-state index is 12.1. The van der Waals surface area contributed by atoms with Gasteiger partial charge in [-0.1, -0.05) is 23.8 Å². The minimum absolute atomic E-state index is 0.162. The van der Waals surface area contributed by atoms with Crippen molar-refractivity contribution >= 4 is 23.6 Å². The minimum Gasteiger partial charge on any atom is -0.486 e. The summed E-state index contributed by atoms with van der Waals surface area (Å²) in [5.41, 5.74) is 3.19. The second-order valence-electron chi connectivity index (χ2n) is 6.91. The van der Waals surface area contributed by atoms with E-state index < -0.39 is 5.97 Å². The first-order valence-corrected chi connectivity index (χ1v) is 10.5. The number of nitrogens with one attached hydrogen (secondary N) is 1. The molecule has 7 heteroatoms. The SMILES string of the molecule is Cc1ccc(SCC(=O)OCC(=O)N[C@H](C)c2ccc3c(c2)OCCO3)c(C)c1. The quantitative estimate of drug-likeness (QED) is 0.550. The van der Waals surface area contributed by atoms with E-state index in [9.17, 15) is 9.59 Å². The number of rotatable bonds is 7. The average Bonchev–Trinajstić information content (AvgIpc) is 2.71. The van der Waals surface area contributed by atoms with Crippen LogP contribution in [0.3, 0.4) is 0 Å². The van der Waals surface area contributed by atoms with Gasteiger partial charge < -0.3 is 19.5 Å². The molecule has 1 atom stereocenters. The van der Waals surface area contributed by atoms with Crippen molar-refractivity contribution in [1.29, 1.82) is 0 Å². The number of amides is 1. The maximum absolute atomic E-state index is 12.1. The van der Waals surface area contributed by atoms with Gasteiger partial charge in [0.25, 0.3) is 5.91 Å². The average molecular weight is 416 g/mol. The molecule has 0 saturated heterocycles. The van der Waals surface area contributed by atoms with E-state index in [-0.39, 0.29) is 24.3 Å². The number of aryl methyl sites for hydroxylation is 2. The number of carbonyl (C=O) groups is 2. The smallest absolute Gasteiger partial charge is 0.316 e. The van der Waals surface area contributed by atoms with Crippen LogP contribution in [-0.4, -0.2) is 37.4 Å². The number of esters is 1. The summed E-state index contributed by atoms with van der Waals surface area (Å²) in [7, 11) is 0. The molecule has 0 radical (unpaired) electrons. The largest absolute Gasteiger partial charge is 0.486 e. The second kappa shape index (κ2) is 9.69. The molecule has 1 aliphatic heterocycles. The van der Waals surface area contributed by atoms with Gasteiger partial charge in [0.2, 0.25) is 0 Å². The number of hydrogen-bond acceptors (Lipinski definition) is 6. The first-order chi connectivity index (χ1) is 13.9. The number of benzene rings is 2. The molecule has 2 aromatic carbocycles. The number of hydrogen-bond donors (Lipinski definition) is 1. The van der Waals surface area contributed by atoms with Crippen molar-refractivity contribution in [3.05, 3.63) is 53.1 Å². The molecule has 0 aromatic heterocycles. The van der Waals surface area contributed by atoms with Crippen LogP contribution in [0.25, 0.3) is 0 Å². The molecule has 1 heterocycles. The highest BCUT2D eigenvalue weighted by Crippen LogP contribution is 2.32. The van der Waals surface area contributed by atoms with Crippen molar-refractivity contribution in [3.8, 4) is 11.5 Å². The number of carbonyl (C=O) groups excluding carboxylic acids is 2. The molecule has 0 fully saturated rings. The van der Waals surface area contributed by atoms with E-state index in [2.05, 4.69) is 11.4 Å². The van der Waals surface area contributed by atoms with Crippen LogP contribution in [0, 0.1) is 13.8 Å². The molecule has 29 heavy (non-hydrogen) atoms. The number of fused-ring (bicyclic) bond motifs is 1. The fraction of sp³-hybridized carbons (Fsp3) is 0.364. The third kappa shape index (κ3) is 5.90. The van der Waals surface area contributed by atoms with Gasteiger partial charge in [-0.05, 0) is 50.1 Å². The van der Waals surface area contributed by atoms with E-state index in [1.807, 2.05) is 51.1 Å². The van der Waals surface area contributed by atoms with E-state index >= 15 is 0 Å². The monoisotopic (exact) mass is 415 g/mol. The third-order valence-corrected chi connectivity index (χ3v) is 5.63. The van der Waals surface area contributed by atoms with E-state index in [1.54, 1.807) is 0 Å². The summed E-state index contributed by atoms with van der Waals surface area (Å²) in [4.78, 5) is 25.1. The van der Waals surface area contributed by atoms with Gasteiger partial charge in [0.05, 0.1) is 11.8 Å². The summed E-state index contributed by atoms with van der Waals surface area (Å²) in [6, 6.07) is 11.4. The summed E-state index contributed by atoms with van der Waals surface area (Å²) in [6.45, 7) is 6.63. The highest BCUT2D eigenvalue weighted by atomic mass is 32.2. The van der Waals surface area contributed by atoms with Gasteiger partial charge in [-0.15, -0.1) is 11.8 Å². The Morgan fingerprint density at radius 2 is 1.86 bits per heavy atom. The van der Waals surface area contributed by atoms with E-state index in [0.717, 1.165) is 16.0 Å². The first-order valence-electron chi connectivity index (χ1n) is 9.47. The Kier molecular flexibility index (Phi) is 7.04. The van der Waals surface area contributed by atoms with E-state index in [0.29, 0.717) is 24.7 Å². The van der Waals surface area contributed by atoms with Gasteiger partial charge in [0, 0.05) is 4.90 Å². The Morgan fingerprint density at radius 1 is 1.10 bits per heavy atom. The molecule has 1 aliphatic rings. The second-order valence-corrected chi connectivity index (χ2v) is 7.93. The highest BCUT2D eigenvalue weighted by molar-refractivity contribution is 8.00. The Balaban J connectivity index is 1.43. The molecule has 6 nitrogen and oxygen atoms in total. The molecular formula is C22H25NO5S. The fourth-order valence-electron chi connectivity index (χ4n) is 2.98. The van der Waals surface area contributed by atoms with Crippen LogP contribution in [0.2, 0.25) is 0 Å². The summed E-state index contributed by atoms with van der Waals surface area (Å²) >= 11 is 1.41. The van der Waals surface area contributed by atoms with E-state index in [1.165, 1.54) is 17.3 Å². The van der Waals surface area contributed by atoms with Crippen LogP contribution in [0.5, 0.6) is 11.5 Å². The third-order valence-electron chi connectivity index (χ3n) is 4.48. The van der Waals surface area contributed by atoms with Crippen LogP contribution < -0.4 is 14.8 Å². The van der Waals surface area contributed by atoms with Crippen molar-refractivity contribution in [2.45, 2.75) is 31.7 Å². The minimum atomic E-state index is -0.419. The topological polar surface area (TPSA) is 73.9 Å². The predicted octanol–water partition coefficient (Wildman–Crippen LogP) is 3.59. The molecule has 0 unspecified atom stereocenters.